The predicted molar refractivity (Wildman–Crippen MR) is 227 cm³/mol. The van der Waals surface area contributed by atoms with Crippen molar-refractivity contribution in [2.75, 3.05) is 0 Å². The van der Waals surface area contributed by atoms with Crippen LogP contribution in [0.3, 0.4) is 0 Å². The maximum atomic E-state index is 2.57. The highest BCUT2D eigenvalue weighted by atomic mass is 15.0. The van der Waals surface area contributed by atoms with E-state index in [4.69, 9.17) is 0 Å². The zero-order valence-electron chi connectivity index (χ0n) is 29.0. The molecule has 0 saturated heterocycles. The summed E-state index contributed by atoms with van der Waals surface area (Å²) in [6.45, 7) is 0. The van der Waals surface area contributed by atoms with Gasteiger partial charge in [0.15, 0.2) is 0 Å². The summed E-state index contributed by atoms with van der Waals surface area (Å²) in [6, 6.07) is 63.0. The molecule has 0 bridgehead atoms. The molecule has 0 spiro atoms. The molecule has 14 aromatic rings. The minimum Gasteiger partial charge on any atom is -0.309 e. The number of para-hydroxylation sites is 6. The molecule has 0 fully saturated rings. The van der Waals surface area contributed by atoms with Gasteiger partial charge in [0.05, 0.1) is 55.2 Å². The molecule has 54 heavy (non-hydrogen) atoms. The Kier molecular flexibility index (Phi) is 4.75. The molecule has 248 valence electrons. The van der Waals surface area contributed by atoms with E-state index in [1.165, 1.54) is 120 Å². The normalized spacial score (nSPS) is 12.8. The van der Waals surface area contributed by atoms with Crippen LogP contribution in [0.5, 0.6) is 0 Å². The predicted octanol–water partition coefficient (Wildman–Crippen LogP) is 13.0. The molecule has 0 aliphatic rings. The average Bonchev–Trinajstić information content (AvgIpc) is 4.05. The first-order valence-corrected chi connectivity index (χ1v) is 18.7. The number of fused-ring (bicyclic) bond motifs is 17. The average molecular weight is 685 g/mol. The molecule has 0 aliphatic carbocycles. The Morgan fingerprint density at radius 1 is 0.222 bits per heavy atom. The standard InChI is InChI=1S/C50H28N4/c1-7-19-41-31(13-1)32-14-2-8-20-42(32)51(41)29-25-37-35-17-5-11-23-45(35)53-47(37)39(27-29)49-50(53)40-28-30(26-38-36-18-6-12-24-46(36)54(49)48(38)40)52-43-21-9-3-15-33(43)34-16-4-10-22-44(34)52/h1-28H. The first-order valence-electron chi connectivity index (χ1n) is 18.7. The van der Waals surface area contributed by atoms with E-state index in [2.05, 4.69) is 188 Å². The summed E-state index contributed by atoms with van der Waals surface area (Å²) in [7, 11) is 0. The molecular weight excluding hydrogens is 657 g/mol. The second kappa shape index (κ2) is 9.37. The van der Waals surface area contributed by atoms with Crippen molar-refractivity contribution in [2.24, 2.45) is 0 Å². The highest BCUT2D eigenvalue weighted by Crippen LogP contribution is 2.49. The lowest BCUT2D eigenvalue weighted by Gasteiger charge is -2.10. The summed E-state index contributed by atoms with van der Waals surface area (Å²) >= 11 is 0. The van der Waals surface area contributed by atoms with E-state index in [1.807, 2.05) is 0 Å². The zero-order chi connectivity index (χ0) is 34.8. The molecule has 0 aliphatic heterocycles. The first-order chi connectivity index (χ1) is 26.8. The summed E-state index contributed by atoms with van der Waals surface area (Å²) in [5, 5.41) is 12.8. The lowest BCUT2D eigenvalue weighted by Crippen LogP contribution is -1.94. The number of rotatable bonds is 2. The second-order valence-corrected chi connectivity index (χ2v) is 14.9. The number of nitrogens with zero attached hydrogens (tertiary/aromatic N) is 4. The van der Waals surface area contributed by atoms with Gasteiger partial charge in [0, 0.05) is 65.2 Å². The monoisotopic (exact) mass is 684 g/mol. The van der Waals surface area contributed by atoms with E-state index in [9.17, 15) is 0 Å². The molecule has 0 radical (unpaired) electrons. The van der Waals surface area contributed by atoms with Gasteiger partial charge in [0.2, 0.25) is 0 Å². The minimum absolute atomic E-state index is 1.18. The van der Waals surface area contributed by atoms with Gasteiger partial charge in [0.25, 0.3) is 0 Å². The Morgan fingerprint density at radius 2 is 0.481 bits per heavy atom. The lowest BCUT2D eigenvalue weighted by molar-refractivity contribution is 1.19. The minimum atomic E-state index is 1.18. The quantitative estimate of drug-likeness (QED) is 0.173. The van der Waals surface area contributed by atoms with Crippen LogP contribution in [0, 0.1) is 0 Å². The Morgan fingerprint density at radius 3 is 0.815 bits per heavy atom. The maximum absolute atomic E-state index is 2.57. The van der Waals surface area contributed by atoms with Crippen LogP contribution in [-0.2, 0) is 0 Å². The van der Waals surface area contributed by atoms with Crippen molar-refractivity contribution < 1.29 is 0 Å². The van der Waals surface area contributed by atoms with Gasteiger partial charge in [-0.2, -0.15) is 0 Å². The van der Waals surface area contributed by atoms with Crippen molar-refractivity contribution in [1.29, 1.82) is 0 Å². The van der Waals surface area contributed by atoms with Gasteiger partial charge in [-0.15, -0.1) is 0 Å². The number of hydrogen-bond donors (Lipinski definition) is 0. The van der Waals surface area contributed by atoms with Gasteiger partial charge in [0.1, 0.15) is 0 Å². The highest BCUT2D eigenvalue weighted by molar-refractivity contribution is 6.32. The Bertz CT molecular complexity index is 3540. The largest absolute Gasteiger partial charge is 0.309 e. The van der Waals surface area contributed by atoms with Crippen molar-refractivity contribution in [1.82, 2.24) is 17.9 Å². The third-order valence-corrected chi connectivity index (χ3v) is 12.4. The van der Waals surface area contributed by atoms with Crippen LogP contribution >= 0.6 is 0 Å². The van der Waals surface area contributed by atoms with E-state index in [0.717, 1.165) is 0 Å². The van der Waals surface area contributed by atoms with Gasteiger partial charge in [-0.05, 0) is 60.7 Å². The smallest absolute Gasteiger partial charge is 0.0805 e. The van der Waals surface area contributed by atoms with E-state index in [-0.39, 0.29) is 0 Å². The van der Waals surface area contributed by atoms with Crippen LogP contribution in [0.2, 0.25) is 0 Å². The van der Waals surface area contributed by atoms with E-state index < -0.39 is 0 Å². The second-order valence-electron chi connectivity index (χ2n) is 14.9. The van der Waals surface area contributed by atoms with Crippen molar-refractivity contribution in [3.8, 4) is 11.4 Å². The number of hydrogen-bond acceptors (Lipinski definition) is 0. The van der Waals surface area contributed by atoms with Crippen LogP contribution in [0.1, 0.15) is 0 Å². The van der Waals surface area contributed by atoms with Crippen LogP contribution in [0.4, 0.5) is 0 Å². The van der Waals surface area contributed by atoms with E-state index in [0.29, 0.717) is 0 Å². The lowest BCUT2D eigenvalue weighted by atomic mass is 10.1. The summed E-state index contributed by atoms with van der Waals surface area (Å²) < 4.78 is 10.1. The summed E-state index contributed by atoms with van der Waals surface area (Å²) in [4.78, 5) is 0. The summed E-state index contributed by atoms with van der Waals surface area (Å²) in [6.07, 6.45) is 0. The molecule has 0 unspecified atom stereocenters. The third kappa shape index (κ3) is 3.07. The summed E-state index contributed by atoms with van der Waals surface area (Å²) in [5.74, 6) is 0. The SMILES string of the molecule is c1ccc2c(c1)c1ccccc1n2-c1cc2c3ccccc3n3c2c(c1)c1c3c2cc(-n3c4ccccc4c4ccccc43)cc3c4ccccc4n1c32. The van der Waals surface area contributed by atoms with Crippen molar-refractivity contribution in [3.63, 3.8) is 0 Å². The fraction of sp³-hybridized carbons (Fsp3) is 0. The van der Waals surface area contributed by atoms with Gasteiger partial charge in [-0.1, -0.05) is 109 Å². The molecule has 4 heteroatoms. The molecule has 4 nitrogen and oxygen atoms in total. The molecule has 6 heterocycles. The molecule has 0 atom stereocenters. The van der Waals surface area contributed by atoms with Gasteiger partial charge in [-0.25, -0.2) is 0 Å². The fourth-order valence-electron chi connectivity index (χ4n) is 10.4. The molecule has 14 rings (SSSR count). The molecule has 0 N–H and O–H groups in total. The summed E-state index contributed by atoms with van der Waals surface area (Å²) in [5.41, 5.74) is 14.8. The van der Waals surface area contributed by atoms with Crippen molar-refractivity contribution in [3.05, 3.63) is 170 Å². The van der Waals surface area contributed by atoms with E-state index >= 15 is 0 Å². The molecule has 0 amide bonds. The fourth-order valence-corrected chi connectivity index (χ4v) is 10.4. The molecule has 6 aromatic heterocycles. The number of benzene rings is 8. The van der Waals surface area contributed by atoms with Gasteiger partial charge >= 0.3 is 0 Å². The van der Waals surface area contributed by atoms with Gasteiger partial charge in [-0.3, -0.25) is 0 Å². The topological polar surface area (TPSA) is 18.7 Å². The Labute approximate surface area is 307 Å². The van der Waals surface area contributed by atoms with Crippen LogP contribution in [0.25, 0.3) is 120 Å². The van der Waals surface area contributed by atoms with Crippen molar-refractivity contribution >= 4 is 109 Å². The Hall–Kier alpha value is -7.30. The molecular formula is C50H28N4. The van der Waals surface area contributed by atoms with Crippen molar-refractivity contribution in [2.45, 2.75) is 0 Å². The van der Waals surface area contributed by atoms with Crippen LogP contribution in [0.15, 0.2) is 170 Å². The first kappa shape index (κ1) is 27.4. The molecule has 8 aromatic carbocycles. The van der Waals surface area contributed by atoms with Crippen LogP contribution in [-0.4, -0.2) is 17.9 Å². The highest BCUT2D eigenvalue weighted by Gasteiger charge is 2.28. The zero-order valence-corrected chi connectivity index (χ0v) is 29.0. The van der Waals surface area contributed by atoms with E-state index in [1.54, 1.807) is 0 Å². The van der Waals surface area contributed by atoms with Gasteiger partial charge < -0.3 is 17.9 Å². The molecule has 0 saturated carbocycles. The number of aromatic nitrogens is 4. The maximum Gasteiger partial charge on any atom is 0.0805 e. The Balaban J connectivity index is 1.22. The third-order valence-electron chi connectivity index (χ3n) is 12.4. The van der Waals surface area contributed by atoms with Crippen LogP contribution < -0.4 is 0 Å².